The predicted molar refractivity (Wildman–Crippen MR) is 121 cm³/mol. The Kier molecular flexibility index (Phi) is 7.85. The summed E-state index contributed by atoms with van der Waals surface area (Å²) in [6.07, 6.45) is 0.723. The minimum atomic E-state index is -1.06. The maximum absolute atomic E-state index is 11.3. The van der Waals surface area contributed by atoms with E-state index < -0.39 is 11.9 Å². The Balaban J connectivity index is 1.64. The highest BCUT2D eigenvalue weighted by Gasteiger charge is 2.12. The van der Waals surface area contributed by atoms with E-state index in [4.69, 9.17) is 16.6 Å². The van der Waals surface area contributed by atoms with Crippen LogP contribution >= 0.6 is 0 Å². The molecule has 0 radical (unpaired) electrons. The van der Waals surface area contributed by atoms with Crippen molar-refractivity contribution in [2.45, 2.75) is 25.6 Å². The molecule has 1 atom stereocenters. The van der Waals surface area contributed by atoms with Gasteiger partial charge in [-0.05, 0) is 48.4 Å². The van der Waals surface area contributed by atoms with Crippen LogP contribution < -0.4 is 22.1 Å². The first kappa shape index (κ1) is 22.9. The van der Waals surface area contributed by atoms with Gasteiger partial charge in [-0.2, -0.15) is 0 Å². The molecule has 9 heteroatoms. The van der Waals surface area contributed by atoms with E-state index in [1.54, 1.807) is 24.3 Å². The zero-order chi connectivity index (χ0) is 22.9. The minimum Gasteiger partial charge on any atom is -0.477 e. The zero-order valence-corrected chi connectivity index (χ0v) is 17.5. The number of carboxylic acid groups (broad SMARTS) is 1. The lowest BCUT2D eigenvalue weighted by Crippen LogP contribution is -2.40. The number of nitrogens with zero attached hydrogens (tertiary/aromatic N) is 2. The molecule has 0 saturated carbocycles. The summed E-state index contributed by atoms with van der Waals surface area (Å²) in [6, 6.07) is 17.8. The molecule has 0 bridgehead atoms. The van der Waals surface area contributed by atoms with Crippen LogP contribution in [0.1, 0.15) is 37.9 Å². The highest BCUT2D eigenvalue weighted by atomic mass is 16.4. The van der Waals surface area contributed by atoms with E-state index in [2.05, 4.69) is 20.6 Å². The summed E-state index contributed by atoms with van der Waals surface area (Å²) in [5.41, 5.74) is 14.5. The van der Waals surface area contributed by atoms with Crippen LogP contribution in [0.5, 0.6) is 0 Å². The fourth-order valence-electron chi connectivity index (χ4n) is 3.19. The topological polar surface area (TPSA) is 156 Å². The van der Waals surface area contributed by atoms with Gasteiger partial charge in [0.15, 0.2) is 0 Å². The number of hydrogen-bond donors (Lipinski definition) is 5. The second-order valence-corrected chi connectivity index (χ2v) is 7.35. The first-order valence-electron chi connectivity index (χ1n) is 10.1. The molecule has 7 N–H and O–H groups in total. The van der Waals surface area contributed by atoms with E-state index >= 15 is 0 Å². The molecule has 2 aromatic heterocycles. The van der Waals surface area contributed by atoms with Crippen LogP contribution in [0.2, 0.25) is 0 Å². The van der Waals surface area contributed by atoms with Gasteiger partial charge in [0, 0.05) is 31.4 Å². The third-order valence-electron chi connectivity index (χ3n) is 4.82. The third-order valence-corrected chi connectivity index (χ3v) is 4.82. The van der Waals surface area contributed by atoms with Crippen molar-refractivity contribution < 1.29 is 14.7 Å². The van der Waals surface area contributed by atoms with Crippen LogP contribution in [0.3, 0.4) is 0 Å². The van der Waals surface area contributed by atoms with Crippen molar-refractivity contribution in [2.75, 3.05) is 12.3 Å². The van der Waals surface area contributed by atoms with Crippen LogP contribution in [0.25, 0.3) is 0 Å². The number of benzene rings is 1. The SMILES string of the molecule is NC(=O)c1cccc(CNCC(Cc2ccc(N)cc2)NCc2cccc(C(=O)O)n2)n1. The lowest BCUT2D eigenvalue weighted by molar-refractivity contribution is 0.0690. The zero-order valence-electron chi connectivity index (χ0n) is 17.5. The van der Waals surface area contributed by atoms with Gasteiger partial charge in [0.05, 0.1) is 11.4 Å². The van der Waals surface area contributed by atoms with Crippen molar-refractivity contribution in [1.29, 1.82) is 0 Å². The van der Waals surface area contributed by atoms with Crippen LogP contribution in [0.15, 0.2) is 60.7 Å². The maximum atomic E-state index is 11.3. The van der Waals surface area contributed by atoms with Crippen molar-refractivity contribution in [3.8, 4) is 0 Å². The number of rotatable bonds is 11. The number of primary amides is 1. The molecule has 166 valence electrons. The fraction of sp³-hybridized carbons (Fsp3) is 0.217. The molecule has 0 aliphatic rings. The molecule has 0 spiro atoms. The number of carboxylic acids is 1. The monoisotopic (exact) mass is 434 g/mol. The molecule has 0 fully saturated rings. The lowest BCUT2D eigenvalue weighted by atomic mass is 10.1. The molecule has 0 aliphatic carbocycles. The predicted octanol–water partition coefficient (Wildman–Crippen LogP) is 1.35. The van der Waals surface area contributed by atoms with Gasteiger partial charge in [-0.1, -0.05) is 24.3 Å². The summed E-state index contributed by atoms with van der Waals surface area (Å²) in [7, 11) is 0. The highest BCUT2D eigenvalue weighted by molar-refractivity contribution is 5.90. The van der Waals surface area contributed by atoms with Gasteiger partial charge >= 0.3 is 5.97 Å². The number of nitrogens with two attached hydrogens (primary N) is 2. The van der Waals surface area contributed by atoms with E-state index in [1.165, 1.54) is 6.07 Å². The molecule has 1 amide bonds. The van der Waals surface area contributed by atoms with Gasteiger partial charge in [-0.25, -0.2) is 14.8 Å². The summed E-state index contributed by atoms with van der Waals surface area (Å²) in [6.45, 7) is 1.48. The number of carbonyl (C=O) groups excluding carboxylic acids is 1. The molecule has 3 aromatic rings. The molecule has 32 heavy (non-hydrogen) atoms. The van der Waals surface area contributed by atoms with Crippen molar-refractivity contribution in [3.05, 3.63) is 89.0 Å². The molecule has 3 rings (SSSR count). The Morgan fingerprint density at radius 2 is 1.53 bits per heavy atom. The van der Waals surface area contributed by atoms with Crippen LogP contribution in [-0.4, -0.2) is 39.5 Å². The number of amides is 1. The summed E-state index contributed by atoms with van der Waals surface area (Å²) >= 11 is 0. The molecule has 9 nitrogen and oxygen atoms in total. The average molecular weight is 435 g/mol. The van der Waals surface area contributed by atoms with Crippen molar-refractivity contribution in [1.82, 2.24) is 20.6 Å². The Hall–Kier alpha value is -3.82. The Morgan fingerprint density at radius 1 is 0.906 bits per heavy atom. The number of pyridine rings is 2. The van der Waals surface area contributed by atoms with Gasteiger partial charge < -0.3 is 27.2 Å². The highest BCUT2D eigenvalue weighted by Crippen LogP contribution is 2.09. The van der Waals surface area contributed by atoms with E-state index in [0.29, 0.717) is 36.7 Å². The summed E-state index contributed by atoms with van der Waals surface area (Å²) in [5.74, 6) is -1.62. The Morgan fingerprint density at radius 3 is 2.19 bits per heavy atom. The fourth-order valence-corrected chi connectivity index (χ4v) is 3.19. The number of aromatic carboxylic acids is 1. The van der Waals surface area contributed by atoms with Crippen LogP contribution in [0, 0.1) is 0 Å². The van der Waals surface area contributed by atoms with Crippen molar-refractivity contribution >= 4 is 17.6 Å². The number of carbonyl (C=O) groups is 2. The van der Waals surface area contributed by atoms with E-state index in [0.717, 1.165) is 12.0 Å². The molecule has 1 aromatic carbocycles. The number of hydrogen-bond acceptors (Lipinski definition) is 7. The molecule has 2 heterocycles. The Bertz CT molecular complexity index is 1070. The van der Waals surface area contributed by atoms with Gasteiger partial charge in [-0.3, -0.25) is 4.79 Å². The van der Waals surface area contributed by atoms with E-state index in [-0.39, 0.29) is 17.4 Å². The average Bonchev–Trinajstić information content (AvgIpc) is 2.79. The van der Waals surface area contributed by atoms with Gasteiger partial charge in [0.2, 0.25) is 0 Å². The third kappa shape index (κ3) is 6.86. The molecule has 0 saturated heterocycles. The number of nitrogens with one attached hydrogen (secondary N) is 2. The van der Waals surface area contributed by atoms with Gasteiger partial charge in [0.1, 0.15) is 11.4 Å². The number of aromatic nitrogens is 2. The number of anilines is 1. The Labute approximate surface area is 185 Å². The van der Waals surface area contributed by atoms with Crippen LogP contribution in [-0.2, 0) is 19.5 Å². The smallest absolute Gasteiger partial charge is 0.354 e. The van der Waals surface area contributed by atoms with E-state index in [9.17, 15) is 9.59 Å². The molecule has 1 unspecified atom stereocenters. The van der Waals surface area contributed by atoms with E-state index in [1.807, 2.05) is 30.3 Å². The summed E-state index contributed by atoms with van der Waals surface area (Å²) in [4.78, 5) is 30.9. The number of nitrogen functional groups attached to an aromatic ring is 1. The van der Waals surface area contributed by atoms with Gasteiger partial charge in [-0.15, -0.1) is 0 Å². The minimum absolute atomic E-state index is 0.0120. The standard InChI is InChI=1S/C23H26N6O3/c24-16-9-7-15(8-10-16)11-19(27-14-18-4-2-6-21(29-18)23(31)32)13-26-12-17-3-1-5-20(28-17)22(25)30/h1-10,19,26-27H,11-14,24H2,(H2,25,30)(H,31,32). The second-order valence-electron chi connectivity index (χ2n) is 7.35. The lowest BCUT2D eigenvalue weighted by Gasteiger charge is -2.20. The molecule has 0 aliphatic heterocycles. The normalized spacial score (nSPS) is 11.8. The first-order chi connectivity index (χ1) is 15.4. The largest absolute Gasteiger partial charge is 0.477 e. The summed E-state index contributed by atoms with van der Waals surface area (Å²) in [5, 5.41) is 15.9. The molecular weight excluding hydrogens is 408 g/mol. The quantitative estimate of drug-likeness (QED) is 0.283. The van der Waals surface area contributed by atoms with Gasteiger partial charge in [0.25, 0.3) is 5.91 Å². The molecular formula is C23H26N6O3. The van der Waals surface area contributed by atoms with Crippen LogP contribution in [0.4, 0.5) is 5.69 Å². The summed E-state index contributed by atoms with van der Waals surface area (Å²) < 4.78 is 0. The first-order valence-corrected chi connectivity index (χ1v) is 10.1. The maximum Gasteiger partial charge on any atom is 0.354 e. The van der Waals surface area contributed by atoms with Crippen molar-refractivity contribution in [3.63, 3.8) is 0 Å². The van der Waals surface area contributed by atoms with Crippen molar-refractivity contribution in [2.24, 2.45) is 5.73 Å². The second kappa shape index (κ2) is 11.0.